The van der Waals surface area contributed by atoms with Crippen LogP contribution in [-0.2, 0) is 22.4 Å². The highest BCUT2D eigenvalue weighted by Crippen LogP contribution is 2.18. The first-order valence-corrected chi connectivity index (χ1v) is 4.59. The molecule has 1 rings (SSSR count). The smallest absolute Gasteiger partial charge is 0.307 e. The Kier molecular flexibility index (Phi) is 3.76. The molecule has 0 saturated heterocycles. The number of nitro groups is 1. The number of carbonyl (C=O) groups is 2. The number of nitro benzene ring substituents is 1. The van der Waals surface area contributed by atoms with Crippen LogP contribution in [0.1, 0.15) is 11.1 Å². The van der Waals surface area contributed by atoms with Gasteiger partial charge in [-0.25, -0.2) is 0 Å². The van der Waals surface area contributed by atoms with Crippen LogP contribution in [0.5, 0.6) is 0 Å². The van der Waals surface area contributed by atoms with Gasteiger partial charge >= 0.3 is 11.9 Å². The van der Waals surface area contributed by atoms with Gasteiger partial charge in [0.05, 0.1) is 17.8 Å². The molecule has 0 unspecified atom stereocenters. The molecule has 0 atom stereocenters. The van der Waals surface area contributed by atoms with Crippen molar-refractivity contribution >= 4 is 17.6 Å². The molecule has 0 fully saturated rings. The number of carboxylic acid groups (broad SMARTS) is 2. The average Bonchev–Trinajstić information content (AvgIpc) is 2.14. The summed E-state index contributed by atoms with van der Waals surface area (Å²) in [7, 11) is 0. The van der Waals surface area contributed by atoms with Gasteiger partial charge in [-0.15, -0.1) is 0 Å². The standard InChI is InChI=1S/C10H9NO6/c12-9(13)4-6-1-7(5-10(14)15)3-8(2-6)11(16)17/h1-3H,4-5H2,(H,12,13)(H,14,15). The largest absolute Gasteiger partial charge is 0.481 e. The average molecular weight is 239 g/mol. The van der Waals surface area contributed by atoms with E-state index in [1.165, 1.54) is 6.07 Å². The van der Waals surface area contributed by atoms with Gasteiger partial charge in [-0.1, -0.05) is 6.07 Å². The summed E-state index contributed by atoms with van der Waals surface area (Å²) in [5.74, 6) is -2.27. The highest BCUT2D eigenvalue weighted by Gasteiger charge is 2.13. The van der Waals surface area contributed by atoms with E-state index < -0.39 is 16.9 Å². The number of non-ortho nitro benzene ring substituents is 1. The second kappa shape index (κ2) is 5.06. The summed E-state index contributed by atoms with van der Waals surface area (Å²) in [5.41, 5.74) is 0.117. The molecule has 0 aliphatic rings. The monoisotopic (exact) mass is 239 g/mol. The summed E-state index contributed by atoms with van der Waals surface area (Å²) >= 11 is 0. The number of benzene rings is 1. The first-order valence-electron chi connectivity index (χ1n) is 4.59. The van der Waals surface area contributed by atoms with Gasteiger partial charge in [-0.2, -0.15) is 0 Å². The Morgan fingerprint density at radius 1 is 1.06 bits per heavy atom. The van der Waals surface area contributed by atoms with Crippen LogP contribution in [0.25, 0.3) is 0 Å². The summed E-state index contributed by atoms with van der Waals surface area (Å²) < 4.78 is 0. The summed E-state index contributed by atoms with van der Waals surface area (Å²) in [6.07, 6.45) is -0.761. The summed E-state index contributed by atoms with van der Waals surface area (Å²) in [5, 5.41) is 27.8. The van der Waals surface area contributed by atoms with Gasteiger partial charge in [0.25, 0.3) is 5.69 Å². The van der Waals surface area contributed by atoms with Crippen LogP contribution in [0.2, 0.25) is 0 Å². The van der Waals surface area contributed by atoms with Gasteiger partial charge in [-0.3, -0.25) is 19.7 Å². The topological polar surface area (TPSA) is 118 Å². The van der Waals surface area contributed by atoms with Crippen molar-refractivity contribution in [3.05, 3.63) is 39.4 Å². The van der Waals surface area contributed by atoms with Gasteiger partial charge < -0.3 is 10.2 Å². The van der Waals surface area contributed by atoms with E-state index in [1.807, 2.05) is 0 Å². The number of hydrogen-bond acceptors (Lipinski definition) is 4. The van der Waals surface area contributed by atoms with E-state index in [0.717, 1.165) is 12.1 Å². The van der Waals surface area contributed by atoms with E-state index in [-0.39, 0.29) is 29.7 Å². The Hall–Kier alpha value is -2.44. The lowest BCUT2D eigenvalue weighted by molar-refractivity contribution is -0.385. The third-order valence-corrected chi connectivity index (χ3v) is 1.96. The molecule has 0 spiro atoms. The molecule has 1 aromatic carbocycles. The quantitative estimate of drug-likeness (QED) is 0.580. The number of hydrogen-bond donors (Lipinski definition) is 2. The fourth-order valence-electron chi connectivity index (χ4n) is 1.40. The normalized spacial score (nSPS) is 9.88. The van der Waals surface area contributed by atoms with Crippen LogP contribution in [0.4, 0.5) is 5.69 Å². The van der Waals surface area contributed by atoms with E-state index in [2.05, 4.69) is 0 Å². The van der Waals surface area contributed by atoms with Crippen LogP contribution in [0.3, 0.4) is 0 Å². The SMILES string of the molecule is O=C(O)Cc1cc(CC(=O)O)cc([N+](=O)[O-])c1. The van der Waals surface area contributed by atoms with Crippen molar-refractivity contribution < 1.29 is 24.7 Å². The fraction of sp³-hybridized carbons (Fsp3) is 0.200. The fourth-order valence-corrected chi connectivity index (χ4v) is 1.40. The Bertz CT molecular complexity index is 447. The summed E-state index contributed by atoms with van der Waals surface area (Å²) in [6.45, 7) is 0. The molecular weight excluding hydrogens is 230 g/mol. The molecule has 7 nitrogen and oxygen atoms in total. The molecule has 0 heterocycles. The van der Waals surface area contributed by atoms with Crippen molar-refractivity contribution in [2.75, 3.05) is 0 Å². The highest BCUT2D eigenvalue weighted by molar-refractivity contribution is 5.72. The second-order valence-electron chi connectivity index (χ2n) is 3.41. The van der Waals surface area contributed by atoms with Crippen LogP contribution in [0, 0.1) is 10.1 Å². The molecule has 0 radical (unpaired) electrons. The third kappa shape index (κ3) is 3.90. The number of nitrogens with zero attached hydrogens (tertiary/aromatic N) is 1. The first kappa shape index (κ1) is 12.6. The lowest BCUT2D eigenvalue weighted by atomic mass is 10.0. The molecular formula is C10H9NO6. The van der Waals surface area contributed by atoms with Crippen molar-refractivity contribution in [2.24, 2.45) is 0 Å². The van der Waals surface area contributed by atoms with Gasteiger partial charge in [0.1, 0.15) is 0 Å². The predicted molar refractivity (Wildman–Crippen MR) is 55.8 cm³/mol. The lowest BCUT2D eigenvalue weighted by Gasteiger charge is -2.02. The molecule has 0 saturated carbocycles. The van der Waals surface area contributed by atoms with E-state index >= 15 is 0 Å². The van der Waals surface area contributed by atoms with Gasteiger partial charge in [0.15, 0.2) is 0 Å². The Morgan fingerprint density at radius 3 is 1.76 bits per heavy atom. The number of rotatable bonds is 5. The molecule has 0 bridgehead atoms. The zero-order valence-electron chi connectivity index (χ0n) is 8.62. The van der Waals surface area contributed by atoms with E-state index in [4.69, 9.17) is 10.2 Å². The minimum Gasteiger partial charge on any atom is -0.481 e. The summed E-state index contributed by atoms with van der Waals surface area (Å²) in [4.78, 5) is 30.9. The van der Waals surface area contributed by atoms with Crippen LogP contribution in [0.15, 0.2) is 18.2 Å². The Balaban J connectivity index is 3.13. The summed E-state index contributed by atoms with van der Waals surface area (Å²) in [6, 6.07) is 3.59. The molecule has 1 aromatic rings. The molecule has 2 N–H and O–H groups in total. The maximum Gasteiger partial charge on any atom is 0.307 e. The van der Waals surface area contributed by atoms with Crippen LogP contribution >= 0.6 is 0 Å². The van der Waals surface area contributed by atoms with Gasteiger partial charge in [-0.05, 0) is 11.1 Å². The lowest BCUT2D eigenvalue weighted by Crippen LogP contribution is -2.05. The van der Waals surface area contributed by atoms with Crippen molar-refractivity contribution in [3.63, 3.8) is 0 Å². The van der Waals surface area contributed by atoms with Crippen molar-refractivity contribution in [2.45, 2.75) is 12.8 Å². The van der Waals surface area contributed by atoms with Crippen LogP contribution < -0.4 is 0 Å². The molecule has 0 aliphatic heterocycles. The second-order valence-corrected chi connectivity index (χ2v) is 3.41. The molecule has 0 aromatic heterocycles. The maximum atomic E-state index is 10.6. The van der Waals surface area contributed by atoms with Crippen LogP contribution in [-0.4, -0.2) is 27.1 Å². The first-order chi connectivity index (χ1) is 7.88. The highest BCUT2D eigenvalue weighted by atomic mass is 16.6. The third-order valence-electron chi connectivity index (χ3n) is 1.96. The van der Waals surface area contributed by atoms with Crippen molar-refractivity contribution in [1.29, 1.82) is 0 Å². The predicted octanol–water partition coefficient (Wildman–Crippen LogP) is 0.849. The van der Waals surface area contributed by atoms with E-state index in [1.54, 1.807) is 0 Å². The maximum absolute atomic E-state index is 10.6. The zero-order chi connectivity index (χ0) is 13.0. The van der Waals surface area contributed by atoms with Gasteiger partial charge in [0, 0.05) is 12.1 Å². The molecule has 7 heteroatoms. The van der Waals surface area contributed by atoms with Gasteiger partial charge in [0.2, 0.25) is 0 Å². The van der Waals surface area contributed by atoms with E-state index in [9.17, 15) is 19.7 Å². The number of aliphatic carboxylic acids is 2. The minimum absolute atomic E-state index is 0.211. The van der Waals surface area contributed by atoms with Crippen molar-refractivity contribution in [3.8, 4) is 0 Å². The molecule has 90 valence electrons. The minimum atomic E-state index is -1.13. The Labute approximate surface area is 95.5 Å². The number of carboxylic acids is 2. The Morgan fingerprint density at radius 2 is 1.47 bits per heavy atom. The zero-order valence-corrected chi connectivity index (χ0v) is 8.62. The molecule has 0 aliphatic carbocycles. The molecule has 17 heavy (non-hydrogen) atoms. The van der Waals surface area contributed by atoms with E-state index in [0.29, 0.717) is 0 Å². The van der Waals surface area contributed by atoms with Crippen molar-refractivity contribution in [1.82, 2.24) is 0 Å². The molecule has 0 amide bonds.